The number of aryl methyl sites for hydroxylation is 2. The minimum Gasteiger partial charge on any atom is -0.491 e. The minimum atomic E-state index is -5.76. The lowest BCUT2D eigenvalue weighted by molar-refractivity contribution is -0.0500. The smallest absolute Gasteiger partial charge is 0.491 e. The lowest BCUT2D eigenvalue weighted by Gasteiger charge is -2.24. The molecule has 0 radical (unpaired) electrons. The highest BCUT2D eigenvalue weighted by molar-refractivity contribution is 7.88. The minimum absolute atomic E-state index is 0.362. The average molecular weight is 580 g/mol. The molecule has 1 aromatic heterocycles. The van der Waals surface area contributed by atoms with Crippen LogP contribution in [0.1, 0.15) is 16.7 Å². The third-order valence-corrected chi connectivity index (χ3v) is 8.02. The van der Waals surface area contributed by atoms with Crippen molar-refractivity contribution in [1.82, 2.24) is 4.98 Å². The fraction of sp³-hybridized carbons (Fsp3) is 0.194. The second-order valence-corrected chi connectivity index (χ2v) is 11.2. The number of nitrogens with zero attached hydrogens (tertiary/aromatic N) is 1. The molecule has 0 unspecified atom stereocenters. The predicted octanol–water partition coefficient (Wildman–Crippen LogP) is 6.98. The average Bonchev–Trinajstić information content (AvgIpc) is 2.96. The molecule has 6 rings (SSSR count). The van der Waals surface area contributed by atoms with Gasteiger partial charge in [0.2, 0.25) is 0 Å². The van der Waals surface area contributed by atoms with Crippen molar-refractivity contribution < 1.29 is 35.2 Å². The molecule has 6 nitrogen and oxygen atoms in total. The van der Waals surface area contributed by atoms with E-state index in [0.717, 1.165) is 43.9 Å². The fourth-order valence-corrected chi connectivity index (χ4v) is 5.70. The standard InChI is InChI=1S/C31H24F3NO5S/c32-31(33,34)41(36,37)40-23-10-12-24-21(17-23)8-11-25-27-7-4-14-35-30(27)28-18-22(9-13-26(28)29(24)25)39-16-15-38-19-20-5-2-1-3-6-20/h1-7,9-10,12-14,17-18H,8,11,15-16,19H2. The number of fused-ring (bicyclic) bond motifs is 8. The molecular weight excluding hydrogens is 555 g/mol. The van der Waals surface area contributed by atoms with E-state index in [0.29, 0.717) is 44.0 Å². The van der Waals surface area contributed by atoms with Gasteiger partial charge in [-0.05, 0) is 82.4 Å². The summed E-state index contributed by atoms with van der Waals surface area (Å²) in [7, 11) is -5.76. The Morgan fingerprint density at radius 1 is 0.805 bits per heavy atom. The summed E-state index contributed by atoms with van der Waals surface area (Å²) in [4.78, 5) is 4.66. The molecule has 0 fully saturated rings. The van der Waals surface area contributed by atoms with Crippen LogP contribution in [0.25, 0.3) is 32.8 Å². The van der Waals surface area contributed by atoms with E-state index in [1.165, 1.54) is 12.1 Å². The molecule has 4 aromatic carbocycles. The summed E-state index contributed by atoms with van der Waals surface area (Å²) >= 11 is 0. The Hall–Kier alpha value is -4.15. The largest absolute Gasteiger partial charge is 0.534 e. The summed E-state index contributed by atoms with van der Waals surface area (Å²) < 4.78 is 77.8. The number of pyridine rings is 1. The maximum atomic E-state index is 12.9. The van der Waals surface area contributed by atoms with E-state index in [1.54, 1.807) is 12.3 Å². The fourth-order valence-electron chi connectivity index (χ4n) is 5.24. The van der Waals surface area contributed by atoms with Gasteiger partial charge in [0.25, 0.3) is 0 Å². The van der Waals surface area contributed by atoms with Crippen LogP contribution in [0.5, 0.6) is 11.5 Å². The highest BCUT2D eigenvalue weighted by Crippen LogP contribution is 2.45. The van der Waals surface area contributed by atoms with Crippen molar-refractivity contribution in [2.75, 3.05) is 13.2 Å². The summed E-state index contributed by atoms with van der Waals surface area (Å²) in [5.74, 6) is 0.284. The lowest BCUT2D eigenvalue weighted by atomic mass is 9.80. The number of hydrogen-bond donors (Lipinski definition) is 0. The SMILES string of the molecule is O=S(=O)(Oc1ccc2c(c1)CCc1c-2c2ccc(OCCOCc3ccccc3)cc2c2ncccc12)C(F)(F)F. The molecule has 0 aliphatic heterocycles. The lowest BCUT2D eigenvalue weighted by Crippen LogP contribution is -2.28. The van der Waals surface area contributed by atoms with Gasteiger partial charge >= 0.3 is 15.6 Å². The van der Waals surface area contributed by atoms with Crippen LogP contribution in [-0.2, 0) is 34.3 Å². The van der Waals surface area contributed by atoms with Gasteiger partial charge in [0, 0.05) is 17.0 Å². The first-order valence-electron chi connectivity index (χ1n) is 12.9. The first-order chi connectivity index (χ1) is 19.7. The molecule has 0 atom stereocenters. The van der Waals surface area contributed by atoms with Crippen molar-refractivity contribution in [2.24, 2.45) is 0 Å². The Kier molecular flexibility index (Phi) is 7.04. The summed E-state index contributed by atoms with van der Waals surface area (Å²) in [6, 6.07) is 23.8. The molecule has 5 aromatic rings. The zero-order valence-electron chi connectivity index (χ0n) is 21.6. The van der Waals surface area contributed by atoms with Gasteiger partial charge in [-0.25, -0.2) is 0 Å². The first kappa shape index (κ1) is 27.0. The van der Waals surface area contributed by atoms with Crippen LogP contribution in [-0.4, -0.2) is 32.1 Å². The molecule has 1 heterocycles. The maximum absolute atomic E-state index is 12.9. The molecule has 0 bridgehead atoms. The number of aromatic nitrogens is 1. The van der Waals surface area contributed by atoms with Crippen LogP contribution in [0.3, 0.4) is 0 Å². The first-order valence-corrected chi connectivity index (χ1v) is 14.3. The summed E-state index contributed by atoms with van der Waals surface area (Å²) in [5, 5.41) is 2.76. The molecular formula is C31H24F3NO5S. The summed E-state index contributed by atoms with van der Waals surface area (Å²) in [6.45, 7) is 1.27. The topological polar surface area (TPSA) is 74.7 Å². The van der Waals surface area contributed by atoms with Crippen LogP contribution >= 0.6 is 0 Å². The quantitative estimate of drug-likeness (QED) is 0.0855. The Morgan fingerprint density at radius 3 is 2.41 bits per heavy atom. The van der Waals surface area contributed by atoms with E-state index in [9.17, 15) is 21.6 Å². The van der Waals surface area contributed by atoms with Gasteiger partial charge in [-0.2, -0.15) is 21.6 Å². The molecule has 1 aliphatic carbocycles. The highest BCUT2D eigenvalue weighted by atomic mass is 32.2. The van der Waals surface area contributed by atoms with Crippen LogP contribution < -0.4 is 8.92 Å². The molecule has 0 spiro atoms. The van der Waals surface area contributed by atoms with E-state index < -0.39 is 15.6 Å². The van der Waals surface area contributed by atoms with Crippen molar-refractivity contribution in [3.63, 3.8) is 0 Å². The van der Waals surface area contributed by atoms with Gasteiger partial charge in [-0.15, -0.1) is 0 Å². The van der Waals surface area contributed by atoms with E-state index in [-0.39, 0.29) is 5.75 Å². The predicted molar refractivity (Wildman–Crippen MR) is 149 cm³/mol. The van der Waals surface area contributed by atoms with Crippen LogP contribution in [0.2, 0.25) is 0 Å². The molecule has 41 heavy (non-hydrogen) atoms. The van der Waals surface area contributed by atoms with Gasteiger partial charge in [0.1, 0.15) is 18.1 Å². The molecule has 0 saturated heterocycles. The number of alkyl halides is 3. The van der Waals surface area contributed by atoms with Crippen molar-refractivity contribution >= 4 is 31.8 Å². The van der Waals surface area contributed by atoms with Gasteiger partial charge in [-0.1, -0.05) is 42.5 Å². The van der Waals surface area contributed by atoms with Crippen molar-refractivity contribution in [3.05, 3.63) is 102 Å². The molecule has 10 heteroatoms. The summed E-state index contributed by atoms with van der Waals surface area (Å²) in [5.41, 5.74) is -0.0779. The van der Waals surface area contributed by atoms with E-state index in [4.69, 9.17) is 9.47 Å². The van der Waals surface area contributed by atoms with Gasteiger partial charge in [0.15, 0.2) is 0 Å². The number of rotatable bonds is 8. The van der Waals surface area contributed by atoms with E-state index >= 15 is 0 Å². The third kappa shape index (κ3) is 5.32. The Bertz CT molecular complexity index is 1860. The number of ether oxygens (including phenoxy) is 2. The number of hydrogen-bond acceptors (Lipinski definition) is 6. The molecule has 1 aliphatic rings. The highest BCUT2D eigenvalue weighted by Gasteiger charge is 2.48. The Labute approximate surface area is 234 Å². The third-order valence-electron chi connectivity index (χ3n) is 7.04. The Morgan fingerprint density at radius 2 is 1.61 bits per heavy atom. The normalized spacial score (nSPS) is 13.1. The zero-order chi connectivity index (χ0) is 28.6. The van der Waals surface area contributed by atoms with Gasteiger partial charge < -0.3 is 13.7 Å². The molecule has 210 valence electrons. The number of halogens is 3. The van der Waals surface area contributed by atoms with Crippen LogP contribution in [0.15, 0.2) is 85.1 Å². The zero-order valence-corrected chi connectivity index (χ0v) is 22.5. The van der Waals surface area contributed by atoms with Crippen molar-refractivity contribution in [3.8, 4) is 22.6 Å². The van der Waals surface area contributed by atoms with E-state index in [2.05, 4.69) is 9.17 Å². The molecule has 0 saturated carbocycles. The molecule has 0 amide bonds. The van der Waals surface area contributed by atoms with E-state index in [1.807, 2.05) is 60.7 Å². The molecule has 0 N–H and O–H groups in total. The van der Waals surface area contributed by atoms with Gasteiger partial charge in [-0.3, -0.25) is 4.98 Å². The second kappa shape index (κ2) is 10.7. The Balaban J connectivity index is 1.32. The second-order valence-electron chi connectivity index (χ2n) is 9.65. The monoisotopic (exact) mass is 579 g/mol. The van der Waals surface area contributed by atoms with Crippen LogP contribution in [0, 0.1) is 0 Å². The number of benzene rings is 4. The maximum Gasteiger partial charge on any atom is 0.534 e. The summed E-state index contributed by atoms with van der Waals surface area (Å²) in [6.07, 6.45) is 2.85. The van der Waals surface area contributed by atoms with Crippen molar-refractivity contribution in [2.45, 2.75) is 25.0 Å². The van der Waals surface area contributed by atoms with Gasteiger partial charge in [0.05, 0.1) is 18.7 Å². The van der Waals surface area contributed by atoms with Crippen molar-refractivity contribution in [1.29, 1.82) is 0 Å². The van der Waals surface area contributed by atoms with Crippen LogP contribution in [0.4, 0.5) is 13.2 Å².